The number of nitrogen functional groups attached to an aromatic ring is 1. The van der Waals surface area contributed by atoms with Gasteiger partial charge >= 0.3 is 0 Å². The highest BCUT2D eigenvalue weighted by molar-refractivity contribution is 7.19. The summed E-state index contributed by atoms with van der Waals surface area (Å²) < 4.78 is 0. The second-order valence-corrected chi connectivity index (χ2v) is 5.62. The fourth-order valence-corrected chi connectivity index (χ4v) is 2.57. The monoisotopic (exact) mass is 294 g/mol. The molecule has 0 spiro atoms. The molecule has 0 aliphatic rings. The summed E-state index contributed by atoms with van der Waals surface area (Å²) in [6, 6.07) is 17.7. The Balaban J connectivity index is 1.96. The fraction of sp³-hybridized carbons (Fsp3) is 0.0625. The van der Waals surface area contributed by atoms with Crippen molar-refractivity contribution in [2.24, 2.45) is 10.2 Å². The van der Waals surface area contributed by atoms with Crippen LogP contribution in [0, 0.1) is 6.92 Å². The maximum Gasteiger partial charge on any atom is 0.182 e. The first-order valence-electron chi connectivity index (χ1n) is 6.52. The summed E-state index contributed by atoms with van der Waals surface area (Å²) in [4.78, 5) is 4.37. The van der Waals surface area contributed by atoms with E-state index in [1.807, 2.05) is 54.6 Å². The van der Waals surface area contributed by atoms with Gasteiger partial charge in [-0.2, -0.15) is 0 Å². The van der Waals surface area contributed by atoms with Crippen molar-refractivity contribution in [1.82, 2.24) is 4.98 Å². The molecule has 4 nitrogen and oxygen atoms in total. The van der Waals surface area contributed by atoms with Gasteiger partial charge < -0.3 is 5.73 Å². The summed E-state index contributed by atoms with van der Waals surface area (Å²) in [5, 5.41) is 9.75. The van der Waals surface area contributed by atoms with Gasteiger partial charge in [-0.15, -0.1) is 10.2 Å². The average Bonchev–Trinajstić information content (AvgIpc) is 2.88. The lowest BCUT2D eigenvalue weighted by molar-refractivity contribution is 1.24. The number of hydrogen-bond donors (Lipinski definition) is 1. The Hall–Kier alpha value is -2.53. The molecule has 3 aromatic rings. The smallest absolute Gasteiger partial charge is 0.182 e. The van der Waals surface area contributed by atoms with E-state index in [0.29, 0.717) is 5.13 Å². The van der Waals surface area contributed by atoms with Crippen molar-refractivity contribution in [2.45, 2.75) is 6.92 Å². The number of aromatic nitrogens is 1. The Labute approximate surface area is 127 Å². The molecule has 21 heavy (non-hydrogen) atoms. The molecule has 0 amide bonds. The molecule has 0 aliphatic heterocycles. The number of rotatable bonds is 3. The van der Waals surface area contributed by atoms with Gasteiger partial charge in [0.1, 0.15) is 5.69 Å². The third kappa shape index (κ3) is 3.14. The van der Waals surface area contributed by atoms with Crippen LogP contribution in [0.1, 0.15) is 5.56 Å². The summed E-state index contributed by atoms with van der Waals surface area (Å²) in [7, 11) is 0. The third-order valence-corrected chi connectivity index (χ3v) is 3.73. The van der Waals surface area contributed by atoms with Gasteiger partial charge in [-0.1, -0.05) is 59.4 Å². The predicted molar refractivity (Wildman–Crippen MR) is 87.3 cm³/mol. The number of hydrogen-bond acceptors (Lipinski definition) is 5. The maximum atomic E-state index is 5.82. The lowest BCUT2D eigenvalue weighted by Crippen LogP contribution is -1.83. The summed E-state index contributed by atoms with van der Waals surface area (Å²) in [5.41, 5.74) is 9.60. The number of azo groups is 1. The first-order valence-corrected chi connectivity index (χ1v) is 7.34. The van der Waals surface area contributed by atoms with Crippen LogP contribution in [0.25, 0.3) is 11.3 Å². The molecule has 0 saturated carbocycles. The van der Waals surface area contributed by atoms with Gasteiger partial charge in [0.2, 0.25) is 0 Å². The van der Waals surface area contributed by atoms with E-state index in [2.05, 4.69) is 22.1 Å². The van der Waals surface area contributed by atoms with Crippen molar-refractivity contribution in [2.75, 3.05) is 5.73 Å². The van der Waals surface area contributed by atoms with Gasteiger partial charge in [0.25, 0.3) is 0 Å². The molecule has 1 heterocycles. The largest absolute Gasteiger partial charge is 0.375 e. The Bertz CT molecular complexity index is 761. The van der Waals surface area contributed by atoms with Crippen LogP contribution in [-0.2, 0) is 0 Å². The highest BCUT2D eigenvalue weighted by atomic mass is 32.1. The minimum atomic E-state index is 0.493. The lowest BCUT2D eigenvalue weighted by Gasteiger charge is -1.99. The Morgan fingerprint density at radius 1 is 0.952 bits per heavy atom. The van der Waals surface area contributed by atoms with E-state index in [-0.39, 0.29) is 0 Å². The van der Waals surface area contributed by atoms with Crippen molar-refractivity contribution in [3.63, 3.8) is 0 Å². The number of nitrogens with two attached hydrogens (primary N) is 1. The summed E-state index contributed by atoms with van der Waals surface area (Å²) >= 11 is 1.34. The molecule has 0 unspecified atom stereocenters. The van der Waals surface area contributed by atoms with Gasteiger partial charge in [0.15, 0.2) is 10.1 Å². The number of benzene rings is 2. The molecule has 0 radical (unpaired) electrons. The minimum absolute atomic E-state index is 0.493. The molecule has 1 aromatic heterocycles. The minimum Gasteiger partial charge on any atom is -0.375 e. The van der Waals surface area contributed by atoms with E-state index in [1.165, 1.54) is 16.9 Å². The maximum absolute atomic E-state index is 5.82. The quantitative estimate of drug-likeness (QED) is 0.682. The van der Waals surface area contributed by atoms with Crippen LogP contribution in [0.2, 0.25) is 0 Å². The van der Waals surface area contributed by atoms with Crippen LogP contribution in [-0.4, -0.2) is 4.98 Å². The van der Waals surface area contributed by atoms with E-state index in [9.17, 15) is 0 Å². The van der Waals surface area contributed by atoms with Gasteiger partial charge in [-0.05, 0) is 19.1 Å². The third-order valence-electron chi connectivity index (χ3n) is 2.96. The van der Waals surface area contributed by atoms with Crippen LogP contribution >= 0.6 is 11.3 Å². The summed E-state index contributed by atoms with van der Waals surface area (Å²) in [6.07, 6.45) is 0. The van der Waals surface area contributed by atoms with E-state index >= 15 is 0 Å². The normalized spacial score (nSPS) is 11.1. The topological polar surface area (TPSA) is 63.6 Å². The van der Waals surface area contributed by atoms with E-state index in [1.54, 1.807) is 0 Å². The first-order chi connectivity index (χ1) is 10.2. The molecule has 0 aliphatic carbocycles. The number of nitrogens with zero attached hydrogens (tertiary/aromatic N) is 3. The molecule has 104 valence electrons. The predicted octanol–water partition coefficient (Wildman–Crippen LogP) is 5.12. The fourth-order valence-electron chi connectivity index (χ4n) is 1.89. The number of thiazole rings is 1. The van der Waals surface area contributed by atoms with Crippen LogP contribution in [0.4, 0.5) is 15.8 Å². The molecule has 2 aromatic carbocycles. The van der Waals surface area contributed by atoms with E-state index in [0.717, 1.165) is 21.9 Å². The van der Waals surface area contributed by atoms with Crippen molar-refractivity contribution < 1.29 is 0 Å². The average molecular weight is 294 g/mol. The van der Waals surface area contributed by atoms with Crippen molar-refractivity contribution >= 4 is 27.2 Å². The Morgan fingerprint density at radius 3 is 2.38 bits per heavy atom. The van der Waals surface area contributed by atoms with Crippen LogP contribution in [0.3, 0.4) is 0 Å². The summed E-state index contributed by atoms with van der Waals surface area (Å²) in [5.74, 6) is 0. The molecule has 2 N–H and O–H groups in total. The van der Waals surface area contributed by atoms with Crippen molar-refractivity contribution in [3.8, 4) is 11.3 Å². The molecule has 0 fully saturated rings. The lowest BCUT2D eigenvalue weighted by atomic mass is 10.1. The highest BCUT2D eigenvalue weighted by Crippen LogP contribution is 2.37. The summed E-state index contributed by atoms with van der Waals surface area (Å²) in [6.45, 7) is 2.05. The standard InChI is InChI=1S/C16H14N4S/c1-11-7-9-12(10-8-11)14-15(21-16(17)18-14)20-19-13-5-3-2-4-6-13/h2-10H,1H3,(H2,17,18). The number of aryl methyl sites for hydroxylation is 1. The van der Waals surface area contributed by atoms with Crippen molar-refractivity contribution in [3.05, 3.63) is 60.2 Å². The zero-order valence-corrected chi connectivity index (χ0v) is 12.3. The molecular formula is C16H14N4S. The zero-order chi connectivity index (χ0) is 14.7. The first kappa shape index (κ1) is 13.5. The zero-order valence-electron chi connectivity index (χ0n) is 11.5. The molecule has 0 atom stereocenters. The second-order valence-electron chi connectivity index (χ2n) is 4.61. The van der Waals surface area contributed by atoms with Gasteiger partial charge in [0.05, 0.1) is 5.69 Å². The van der Waals surface area contributed by atoms with Gasteiger partial charge in [0, 0.05) is 5.56 Å². The Morgan fingerprint density at radius 2 is 1.67 bits per heavy atom. The van der Waals surface area contributed by atoms with E-state index < -0.39 is 0 Å². The van der Waals surface area contributed by atoms with Gasteiger partial charge in [-0.3, -0.25) is 0 Å². The molecule has 0 saturated heterocycles. The highest BCUT2D eigenvalue weighted by Gasteiger charge is 2.11. The second kappa shape index (κ2) is 5.85. The van der Waals surface area contributed by atoms with Crippen LogP contribution in [0.15, 0.2) is 64.8 Å². The molecular weight excluding hydrogens is 280 g/mol. The van der Waals surface area contributed by atoms with E-state index in [4.69, 9.17) is 5.73 Å². The van der Waals surface area contributed by atoms with Crippen LogP contribution in [0.5, 0.6) is 0 Å². The molecule has 3 rings (SSSR count). The molecule has 5 heteroatoms. The molecule has 0 bridgehead atoms. The SMILES string of the molecule is Cc1ccc(-c2nc(N)sc2N=Nc2ccccc2)cc1. The Kier molecular flexibility index (Phi) is 3.75. The van der Waals surface area contributed by atoms with Gasteiger partial charge in [-0.25, -0.2) is 4.98 Å². The van der Waals surface area contributed by atoms with Crippen molar-refractivity contribution in [1.29, 1.82) is 0 Å². The number of anilines is 1. The van der Waals surface area contributed by atoms with Crippen LogP contribution < -0.4 is 5.73 Å².